The fraction of sp³-hybridized carbons (Fsp3) is 0.231. The Bertz CT molecular complexity index is 491. The highest BCUT2D eigenvalue weighted by Crippen LogP contribution is 2.08. The summed E-state index contributed by atoms with van der Waals surface area (Å²) in [5.74, 6) is 0.319. The number of nitrogens with zero attached hydrogens (tertiary/aromatic N) is 2. The van der Waals surface area contributed by atoms with Crippen LogP contribution in [0.1, 0.15) is 23.1 Å². The van der Waals surface area contributed by atoms with Crippen LogP contribution in [0.5, 0.6) is 0 Å². The molecule has 0 aliphatic heterocycles. The SMILES string of the molecule is CCOCn1ccnc1C(=O)c1ccccc1. The molecule has 0 atom stereocenters. The van der Waals surface area contributed by atoms with Gasteiger partial charge in [0, 0.05) is 24.6 Å². The summed E-state index contributed by atoms with van der Waals surface area (Å²) >= 11 is 0. The number of hydrogen-bond acceptors (Lipinski definition) is 3. The van der Waals surface area contributed by atoms with Gasteiger partial charge in [0.2, 0.25) is 5.78 Å². The minimum Gasteiger partial charge on any atom is -0.361 e. The third-order valence-corrected chi connectivity index (χ3v) is 2.39. The van der Waals surface area contributed by atoms with Crippen LogP contribution in [-0.2, 0) is 11.5 Å². The van der Waals surface area contributed by atoms with Crippen LogP contribution in [-0.4, -0.2) is 21.9 Å². The summed E-state index contributed by atoms with van der Waals surface area (Å²) in [6.45, 7) is 2.87. The van der Waals surface area contributed by atoms with Crippen molar-refractivity contribution in [3.05, 3.63) is 54.1 Å². The van der Waals surface area contributed by atoms with Crippen LogP contribution in [0.4, 0.5) is 0 Å². The maximum Gasteiger partial charge on any atom is 0.228 e. The second kappa shape index (κ2) is 5.41. The van der Waals surface area contributed by atoms with Gasteiger partial charge in [-0.25, -0.2) is 4.98 Å². The second-order valence-corrected chi connectivity index (χ2v) is 3.54. The van der Waals surface area contributed by atoms with Crippen LogP contribution >= 0.6 is 0 Å². The summed E-state index contributed by atoms with van der Waals surface area (Å²) in [5.41, 5.74) is 0.636. The molecule has 1 aromatic carbocycles. The number of hydrogen-bond donors (Lipinski definition) is 0. The van der Waals surface area contributed by atoms with Crippen molar-refractivity contribution in [2.45, 2.75) is 13.7 Å². The van der Waals surface area contributed by atoms with Gasteiger partial charge in [-0.2, -0.15) is 0 Å². The number of rotatable bonds is 5. The van der Waals surface area contributed by atoms with Gasteiger partial charge < -0.3 is 9.30 Å². The predicted octanol–water partition coefficient (Wildman–Crippen LogP) is 2.11. The van der Waals surface area contributed by atoms with Gasteiger partial charge in [-0.15, -0.1) is 0 Å². The third kappa shape index (κ3) is 2.60. The minimum absolute atomic E-state index is 0.0877. The van der Waals surface area contributed by atoms with Gasteiger partial charge >= 0.3 is 0 Å². The van der Waals surface area contributed by atoms with Crippen LogP contribution in [0.2, 0.25) is 0 Å². The maximum absolute atomic E-state index is 12.2. The lowest BCUT2D eigenvalue weighted by Crippen LogP contribution is -2.12. The van der Waals surface area contributed by atoms with Crippen molar-refractivity contribution in [2.24, 2.45) is 0 Å². The van der Waals surface area contributed by atoms with Crippen LogP contribution in [0.25, 0.3) is 0 Å². The zero-order valence-corrected chi connectivity index (χ0v) is 9.67. The van der Waals surface area contributed by atoms with E-state index in [1.807, 2.05) is 25.1 Å². The molecule has 0 N–H and O–H groups in total. The molecule has 0 saturated heterocycles. The quantitative estimate of drug-likeness (QED) is 0.739. The summed E-state index contributed by atoms with van der Waals surface area (Å²) in [6, 6.07) is 9.11. The molecule has 2 aromatic rings. The molecule has 17 heavy (non-hydrogen) atoms. The molecule has 0 fully saturated rings. The van der Waals surface area contributed by atoms with E-state index >= 15 is 0 Å². The minimum atomic E-state index is -0.0877. The molecule has 0 bridgehead atoms. The zero-order chi connectivity index (χ0) is 12.1. The van der Waals surface area contributed by atoms with Gasteiger partial charge in [-0.1, -0.05) is 30.3 Å². The first kappa shape index (κ1) is 11.5. The van der Waals surface area contributed by atoms with Crippen LogP contribution in [0.15, 0.2) is 42.7 Å². The Balaban J connectivity index is 2.23. The summed E-state index contributed by atoms with van der Waals surface area (Å²) in [5, 5.41) is 0. The lowest BCUT2D eigenvalue weighted by Gasteiger charge is -2.06. The Morgan fingerprint density at radius 3 is 2.82 bits per heavy atom. The molecule has 1 aromatic heterocycles. The molecule has 0 saturated carbocycles. The van der Waals surface area contributed by atoms with Gasteiger partial charge in [0.05, 0.1) is 0 Å². The molecule has 0 amide bonds. The molecule has 0 radical (unpaired) electrons. The Morgan fingerprint density at radius 1 is 1.35 bits per heavy atom. The monoisotopic (exact) mass is 230 g/mol. The highest BCUT2D eigenvalue weighted by Gasteiger charge is 2.14. The lowest BCUT2D eigenvalue weighted by molar-refractivity contribution is 0.0817. The van der Waals surface area contributed by atoms with Crippen molar-refractivity contribution in [3.8, 4) is 0 Å². The molecule has 0 unspecified atom stereocenters. The second-order valence-electron chi connectivity index (χ2n) is 3.54. The van der Waals surface area contributed by atoms with Crippen molar-refractivity contribution in [1.29, 1.82) is 0 Å². The average molecular weight is 230 g/mol. The van der Waals surface area contributed by atoms with Crippen LogP contribution in [0.3, 0.4) is 0 Å². The first-order valence-corrected chi connectivity index (χ1v) is 5.51. The first-order chi connectivity index (χ1) is 8.33. The van der Waals surface area contributed by atoms with Crippen molar-refractivity contribution < 1.29 is 9.53 Å². The van der Waals surface area contributed by atoms with Gasteiger partial charge in [-0.3, -0.25) is 4.79 Å². The smallest absolute Gasteiger partial charge is 0.228 e. The number of aromatic nitrogens is 2. The Morgan fingerprint density at radius 2 is 2.12 bits per heavy atom. The molecular weight excluding hydrogens is 216 g/mol. The Labute approximate surface area is 99.9 Å². The predicted molar refractivity (Wildman–Crippen MR) is 63.7 cm³/mol. The number of imidazole rings is 1. The van der Waals surface area contributed by atoms with E-state index in [0.29, 0.717) is 24.7 Å². The molecule has 0 aliphatic carbocycles. The van der Waals surface area contributed by atoms with E-state index in [-0.39, 0.29) is 5.78 Å². The number of carbonyl (C=O) groups is 1. The van der Waals surface area contributed by atoms with Crippen molar-refractivity contribution in [3.63, 3.8) is 0 Å². The van der Waals surface area contributed by atoms with E-state index in [9.17, 15) is 4.79 Å². The fourth-order valence-electron chi connectivity index (χ4n) is 1.53. The Kier molecular flexibility index (Phi) is 3.67. The maximum atomic E-state index is 12.2. The molecule has 2 rings (SSSR count). The average Bonchev–Trinajstić information content (AvgIpc) is 2.84. The summed E-state index contributed by atoms with van der Waals surface area (Å²) in [6.07, 6.45) is 3.35. The normalized spacial score (nSPS) is 10.4. The molecule has 1 heterocycles. The molecular formula is C13H14N2O2. The molecule has 88 valence electrons. The number of ether oxygens (including phenoxy) is 1. The third-order valence-electron chi connectivity index (χ3n) is 2.39. The van der Waals surface area contributed by atoms with E-state index in [2.05, 4.69) is 4.98 Å². The van der Waals surface area contributed by atoms with E-state index in [4.69, 9.17) is 4.74 Å². The van der Waals surface area contributed by atoms with E-state index in [0.717, 1.165) is 0 Å². The summed E-state index contributed by atoms with van der Waals surface area (Å²) in [4.78, 5) is 16.2. The lowest BCUT2D eigenvalue weighted by atomic mass is 10.1. The Hall–Kier alpha value is -1.94. The molecule has 4 nitrogen and oxygen atoms in total. The number of benzene rings is 1. The molecule has 0 spiro atoms. The molecule has 0 aliphatic rings. The standard InChI is InChI=1S/C13H14N2O2/c1-2-17-10-15-9-8-14-13(15)12(16)11-6-4-3-5-7-11/h3-9H,2,10H2,1H3. The highest BCUT2D eigenvalue weighted by molar-refractivity contribution is 6.06. The van der Waals surface area contributed by atoms with E-state index < -0.39 is 0 Å². The molecule has 4 heteroatoms. The van der Waals surface area contributed by atoms with Crippen molar-refractivity contribution >= 4 is 5.78 Å². The summed E-state index contributed by atoms with van der Waals surface area (Å²) < 4.78 is 6.98. The van der Waals surface area contributed by atoms with Crippen LogP contribution in [0, 0.1) is 0 Å². The topological polar surface area (TPSA) is 44.1 Å². The van der Waals surface area contributed by atoms with E-state index in [1.165, 1.54) is 0 Å². The van der Waals surface area contributed by atoms with Crippen molar-refractivity contribution in [1.82, 2.24) is 9.55 Å². The van der Waals surface area contributed by atoms with Gasteiger partial charge in [0.25, 0.3) is 0 Å². The summed E-state index contributed by atoms with van der Waals surface area (Å²) in [7, 11) is 0. The largest absolute Gasteiger partial charge is 0.361 e. The van der Waals surface area contributed by atoms with Crippen LogP contribution < -0.4 is 0 Å². The van der Waals surface area contributed by atoms with E-state index in [1.54, 1.807) is 29.1 Å². The van der Waals surface area contributed by atoms with Gasteiger partial charge in [0.1, 0.15) is 6.73 Å². The van der Waals surface area contributed by atoms with Gasteiger partial charge in [0.15, 0.2) is 5.82 Å². The van der Waals surface area contributed by atoms with Crippen molar-refractivity contribution in [2.75, 3.05) is 6.61 Å². The number of carbonyl (C=O) groups excluding carboxylic acids is 1. The fourth-order valence-corrected chi connectivity index (χ4v) is 1.53. The zero-order valence-electron chi connectivity index (χ0n) is 9.67. The number of ketones is 1. The first-order valence-electron chi connectivity index (χ1n) is 5.51. The van der Waals surface area contributed by atoms with Gasteiger partial charge in [-0.05, 0) is 6.92 Å². The highest BCUT2D eigenvalue weighted by atomic mass is 16.5.